The number of carbonyl (C=O) groups excluding carboxylic acids is 2. The van der Waals surface area contributed by atoms with Crippen molar-refractivity contribution in [2.45, 2.75) is 13.0 Å². The smallest absolute Gasteiger partial charge is 0.338 e. The third kappa shape index (κ3) is 3.12. The molecule has 2 N–H and O–H groups in total. The maximum Gasteiger partial charge on any atom is 0.338 e. The third-order valence-electron chi connectivity index (χ3n) is 3.67. The molecule has 0 aliphatic carbocycles. The number of benzene rings is 1. The molecule has 0 saturated heterocycles. The number of nitrogens with zero attached hydrogens (tertiary/aromatic N) is 1. The molecule has 0 bridgehead atoms. The Morgan fingerprint density at radius 1 is 1.17 bits per heavy atom. The van der Waals surface area contributed by atoms with Crippen molar-refractivity contribution in [3.63, 3.8) is 0 Å². The highest BCUT2D eigenvalue weighted by molar-refractivity contribution is 6.04. The summed E-state index contributed by atoms with van der Waals surface area (Å²) in [6.45, 7) is 2.00. The van der Waals surface area contributed by atoms with Crippen molar-refractivity contribution in [2.75, 3.05) is 6.61 Å². The van der Waals surface area contributed by atoms with E-state index in [-0.39, 0.29) is 12.6 Å². The quantitative estimate of drug-likeness (QED) is 0.847. The first-order chi connectivity index (χ1) is 11.7. The van der Waals surface area contributed by atoms with E-state index in [9.17, 15) is 9.59 Å². The molecule has 6 heteroatoms. The van der Waals surface area contributed by atoms with E-state index in [2.05, 4.69) is 15.6 Å². The number of hydrogen-bond acceptors (Lipinski definition) is 4. The van der Waals surface area contributed by atoms with Crippen molar-refractivity contribution < 1.29 is 14.3 Å². The lowest BCUT2D eigenvalue weighted by atomic mass is 9.93. The van der Waals surface area contributed by atoms with Crippen LogP contribution in [0.5, 0.6) is 0 Å². The van der Waals surface area contributed by atoms with Crippen LogP contribution in [0.1, 0.15) is 24.1 Å². The Hall–Kier alpha value is -3.15. The zero-order valence-electron chi connectivity index (χ0n) is 13.2. The Balaban J connectivity index is 2.16. The van der Waals surface area contributed by atoms with E-state index >= 15 is 0 Å². The normalized spacial score (nSPS) is 17.0. The highest BCUT2D eigenvalue weighted by atomic mass is 16.5. The summed E-state index contributed by atoms with van der Waals surface area (Å²) in [5.41, 5.74) is 2.33. The molecule has 0 saturated carbocycles. The second-order valence-electron chi connectivity index (χ2n) is 5.19. The topological polar surface area (TPSA) is 80.3 Å². The van der Waals surface area contributed by atoms with Crippen LogP contribution in [-0.2, 0) is 9.53 Å². The van der Waals surface area contributed by atoms with Crippen LogP contribution in [0.25, 0.3) is 5.70 Å². The molecule has 2 heterocycles. The molecule has 0 spiro atoms. The monoisotopic (exact) mass is 323 g/mol. The molecule has 0 radical (unpaired) electrons. The number of pyridine rings is 1. The van der Waals surface area contributed by atoms with Gasteiger partial charge in [-0.2, -0.15) is 0 Å². The lowest BCUT2D eigenvalue weighted by Gasteiger charge is -2.29. The minimum absolute atomic E-state index is 0.251. The van der Waals surface area contributed by atoms with Crippen LogP contribution in [0.2, 0.25) is 0 Å². The largest absolute Gasteiger partial charge is 0.463 e. The van der Waals surface area contributed by atoms with Crippen LogP contribution in [0.4, 0.5) is 4.79 Å². The summed E-state index contributed by atoms with van der Waals surface area (Å²) in [5.74, 6) is -0.467. The molecule has 0 fully saturated rings. The van der Waals surface area contributed by atoms with Crippen molar-refractivity contribution >= 4 is 17.7 Å². The summed E-state index contributed by atoms with van der Waals surface area (Å²) in [6, 6.07) is 11.8. The number of carbonyl (C=O) groups is 2. The Bertz CT molecular complexity index is 773. The zero-order valence-corrected chi connectivity index (χ0v) is 13.2. The van der Waals surface area contributed by atoms with Crippen LogP contribution in [-0.4, -0.2) is 23.6 Å². The Morgan fingerprint density at radius 2 is 1.88 bits per heavy atom. The van der Waals surface area contributed by atoms with E-state index in [4.69, 9.17) is 4.74 Å². The fraction of sp³-hybridized carbons (Fsp3) is 0.167. The molecule has 1 aliphatic rings. The van der Waals surface area contributed by atoms with Crippen LogP contribution >= 0.6 is 0 Å². The number of rotatable bonds is 4. The first-order valence-electron chi connectivity index (χ1n) is 7.65. The zero-order chi connectivity index (χ0) is 16.9. The second-order valence-corrected chi connectivity index (χ2v) is 5.19. The molecule has 6 nitrogen and oxygen atoms in total. The van der Waals surface area contributed by atoms with Crippen molar-refractivity contribution in [3.8, 4) is 0 Å². The first kappa shape index (κ1) is 15.7. The molecule has 1 atom stereocenters. The molecular weight excluding hydrogens is 306 g/mol. The van der Waals surface area contributed by atoms with Gasteiger partial charge in [-0.15, -0.1) is 0 Å². The van der Waals surface area contributed by atoms with Crippen molar-refractivity contribution in [1.29, 1.82) is 0 Å². The van der Waals surface area contributed by atoms with Crippen molar-refractivity contribution in [3.05, 3.63) is 71.6 Å². The van der Waals surface area contributed by atoms with Gasteiger partial charge in [0.2, 0.25) is 0 Å². The van der Waals surface area contributed by atoms with Crippen molar-refractivity contribution in [1.82, 2.24) is 15.6 Å². The van der Waals surface area contributed by atoms with Crippen LogP contribution in [0, 0.1) is 0 Å². The van der Waals surface area contributed by atoms with Crippen LogP contribution in [0.15, 0.2) is 60.4 Å². The lowest BCUT2D eigenvalue weighted by Crippen LogP contribution is -2.45. The summed E-state index contributed by atoms with van der Waals surface area (Å²) >= 11 is 0. The standard InChI is InChI=1S/C18H17N3O3/c1-2-24-17(22)14-15(12-6-4-3-5-7-12)20-18(23)21-16(14)13-8-10-19-11-9-13/h3-11,16H,2H2,1H3,(H2,20,21,23)/t16-/m1/s1. The number of urea groups is 1. The van der Waals surface area contributed by atoms with Gasteiger partial charge in [-0.25, -0.2) is 9.59 Å². The molecule has 3 rings (SSSR count). The number of hydrogen-bond donors (Lipinski definition) is 2. The average Bonchev–Trinajstić information content (AvgIpc) is 2.62. The number of aromatic nitrogens is 1. The fourth-order valence-corrected chi connectivity index (χ4v) is 2.63. The van der Waals surface area contributed by atoms with Gasteiger partial charge in [0.05, 0.1) is 23.9 Å². The van der Waals surface area contributed by atoms with Gasteiger partial charge in [0.1, 0.15) is 0 Å². The molecule has 24 heavy (non-hydrogen) atoms. The molecular formula is C18H17N3O3. The summed E-state index contributed by atoms with van der Waals surface area (Å²) in [7, 11) is 0. The Labute approximate surface area is 139 Å². The summed E-state index contributed by atoms with van der Waals surface area (Å²) in [6.07, 6.45) is 3.24. The molecule has 2 amide bonds. The number of ether oxygens (including phenoxy) is 1. The van der Waals surface area contributed by atoms with E-state index in [1.807, 2.05) is 30.3 Å². The molecule has 122 valence electrons. The van der Waals surface area contributed by atoms with Crippen molar-refractivity contribution in [2.24, 2.45) is 0 Å². The Morgan fingerprint density at radius 3 is 2.54 bits per heavy atom. The maximum atomic E-state index is 12.6. The lowest BCUT2D eigenvalue weighted by molar-refractivity contribution is -0.138. The fourth-order valence-electron chi connectivity index (χ4n) is 2.63. The Kier molecular flexibility index (Phi) is 4.56. The molecule has 2 aromatic rings. The van der Waals surface area contributed by atoms with E-state index in [1.54, 1.807) is 31.5 Å². The highest BCUT2D eigenvalue weighted by Gasteiger charge is 2.34. The average molecular weight is 323 g/mol. The summed E-state index contributed by atoms with van der Waals surface area (Å²) in [4.78, 5) is 28.7. The van der Waals surface area contributed by atoms with E-state index in [0.29, 0.717) is 11.3 Å². The summed E-state index contributed by atoms with van der Waals surface area (Å²) in [5, 5.41) is 5.52. The van der Waals surface area contributed by atoms with E-state index < -0.39 is 12.0 Å². The van der Waals surface area contributed by atoms with E-state index in [1.165, 1.54) is 0 Å². The number of esters is 1. The van der Waals surface area contributed by atoms with Gasteiger partial charge in [-0.3, -0.25) is 4.98 Å². The molecule has 1 aromatic carbocycles. The third-order valence-corrected chi connectivity index (χ3v) is 3.67. The predicted octanol–water partition coefficient (Wildman–Crippen LogP) is 2.41. The van der Waals surface area contributed by atoms with Gasteiger partial charge < -0.3 is 15.4 Å². The molecule has 1 aliphatic heterocycles. The minimum atomic E-state index is -0.601. The minimum Gasteiger partial charge on any atom is -0.463 e. The van der Waals surface area contributed by atoms with Gasteiger partial charge in [0, 0.05) is 12.4 Å². The summed E-state index contributed by atoms with van der Waals surface area (Å²) < 4.78 is 5.22. The molecule has 1 aromatic heterocycles. The van der Waals surface area contributed by atoms with Gasteiger partial charge in [-0.05, 0) is 30.2 Å². The van der Waals surface area contributed by atoms with Crippen LogP contribution < -0.4 is 10.6 Å². The number of nitrogens with one attached hydrogen (secondary N) is 2. The van der Waals surface area contributed by atoms with Gasteiger partial charge >= 0.3 is 12.0 Å². The maximum absolute atomic E-state index is 12.6. The van der Waals surface area contributed by atoms with Crippen LogP contribution in [0.3, 0.4) is 0 Å². The number of amides is 2. The molecule has 0 unspecified atom stereocenters. The van der Waals surface area contributed by atoms with E-state index in [0.717, 1.165) is 11.1 Å². The first-order valence-corrected chi connectivity index (χ1v) is 7.65. The van der Waals surface area contributed by atoms with Gasteiger partial charge in [0.25, 0.3) is 0 Å². The second kappa shape index (κ2) is 6.95. The highest BCUT2D eigenvalue weighted by Crippen LogP contribution is 2.31. The predicted molar refractivity (Wildman–Crippen MR) is 88.6 cm³/mol. The van der Waals surface area contributed by atoms with Gasteiger partial charge in [0.15, 0.2) is 0 Å². The SMILES string of the molecule is CCOC(=O)C1=C(c2ccccc2)NC(=O)N[C@@H]1c1ccncc1. The van der Waals surface area contributed by atoms with Gasteiger partial charge in [-0.1, -0.05) is 30.3 Å².